The maximum Gasteiger partial charge on any atom is 0.334 e. The standard InChI is InChI=1S/C14H36N2O2Si2/c1-8-15(9-2)14(16(10-3)11-4)19-12-13-20(7,17-5)18-6/h14H,8-13,19H2,1-7H3. The minimum atomic E-state index is -1.88. The third-order valence-corrected chi connectivity index (χ3v) is 10.4. The SMILES string of the molecule is CCN(CC)C([SiH2]CC[Si](C)(OC)OC)N(CC)CC. The highest BCUT2D eigenvalue weighted by atomic mass is 28.4. The fourth-order valence-electron chi connectivity index (χ4n) is 2.78. The van der Waals surface area contributed by atoms with Crippen molar-refractivity contribution in [2.75, 3.05) is 40.4 Å². The zero-order valence-corrected chi connectivity index (χ0v) is 17.2. The van der Waals surface area contributed by atoms with Gasteiger partial charge in [-0.15, -0.1) is 0 Å². The average Bonchev–Trinajstić information content (AvgIpc) is 2.48. The lowest BCUT2D eigenvalue weighted by Crippen LogP contribution is -2.52. The van der Waals surface area contributed by atoms with Crippen LogP contribution in [-0.2, 0) is 8.85 Å². The Labute approximate surface area is 129 Å². The van der Waals surface area contributed by atoms with Crippen LogP contribution in [0.3, 0.4) is 0 Å². The summed E-state index contributed by atoms with van der Waals surface area (Å²) in [6.07, 6.45) is 0. The summed E-state index contributed by atoms with van der Waals surface area (Å²) in [6, 6.07) is 2.44. The van der Waals surface area contributed by atoms with Crippen molar-refractivity contribution >= 4 is 18.1 Å². The highest BCUT2D eigenvalue weighted by Gasteiger charge is 2.29. The van der Waals surface area contributed by atoms with Gasteiger partial charge in [-0.25, -0.2) is 0 Å². The lowest BCUT2D eigenvalue weighted by molar-refractivity contribution is 0.115. The van der Waals surface area contributed by atoms with Crippen LogP contribution in [0.15, 0.2) is 0 Å². The number of rotatable bonds is 12. The topological polar surface area (TPSA) is 24.9 Å². The predicted molar refractivity (Wildman–Crippen MR) is 93.4 cm³/mol. The fraction of sp³-hybridized carbons (Fsp3) is 1.00. The molecule has 0 radical (unpaired) electrons. The lowest BCUT2D eigenvalue weighted by Gasteiger charge is -2.38. The van der Waals surface area contributed by atoms with E-state index in [1.54, 1.807) is 14.2 Å². The third kappa shape index (κ3) is 6.36. The van der Waals surface area contributed by atoms with E-state index in [-0.39, 0.29) is 9.52 Å². The molecule has 0 spiro atoms. The summed E-state index contributed by atoms with van der Waals surface area (Å²) < 4.78 is 11.2. The van der Waals surface area contributed by atoms with Crippen LogP contribution in [0.4, 0.5) is 0 Å². The maximum absolute atomic E-state index is 5.61. The van der Waals surface area contributed by atoms with Crippen molar-refractivity contribution in [3.8, 4) is 0 Å². The minimum Gasteiger partial charge on any atom is -0.398 e. The molecule has 0 heterocycles. The highest BCUT2D eigenvalue weighted by Crippen LogP contribution is 2.16. The first-order valence-corrected chi connectivity index (χ1v) is 12.4. The number of hydrogen-bond acceptors (Lipinski definition) is 4. The van der Waals surface area contributed by atoms with Gasteiger partial charge >= 0.3 is 8.56 Å². The monoisotopic (exact) mass is 320 g/mol. The van der Waals surface area contributed by atoms with E-state index in [4.69, 9.17) is 8.85 Å². The van der Waals surface area contributed by atoms with E-state index < -0.39 is 8.56 Å². The second-order valence-corrected chi connectivity index (χ2v) is 11.0. The summed E-state index contributed by atoms with van der Waals surface area (Å²) in [7, 11) is 1.53. The quantitative estimate of drug-likeness (QED) is 0.405. The van der Waals surface area contributed by atoms with Crippen molar-refractivity contribution in [1.82, 2.24) is 9.80 Å². The fourth-order valence-corrected chi connectivity index (χ4v) is 8.87. The van der Waals surface area contributed by atoms with Gasteiger partial charge in [-0.2, -0.15) is 0 Å². The second kappa shape index (κ2) is 10.9. The Morgan fingerprint density at radius 1 is 0.900 bits per heavy atom. The first-order chi connectivity index (χ1) is 9.51. The van der Waals surface area contributed by atoms with Crippen molar-refractivity contribution in [2.24, 2.45) is 0 Å². The molecule has 0 aliphatic rings. The molecule has 0 aromatic carbocycles. The van der Waals surface area contributed by atoms with Crippen LogP contribution in [-0.4, -0.2) is 74.1 Å². The van der Waals surface area contributed by atoms with Crippen LogP contribution in [0.25, 0.3) is 0 Å². The Kier molecular flexibility index (Phi) is 11.1. The number of nitrogens with zero attached hydrogens (tertiary/aromatic N) is 2. The average molecular weight is 321 g/mol. The molecule has 0 aromatic heterocycles. The van der Waals surface area contributed by atoms with Crippen molar-refractivity contribution in [3.63, 3.8) is 0 Å². The highest BCUT2D eigenvalue weighted by molar-refractivity contribution is 6.67. The Hall–Kier alpha value is 0.274. The summed E-state index contributed by atoms with van der Waals surface area (Å²) in [5, 5.41) is 0. The Morgan fingerprint density at radius 3 is 1.60 bits per heavy atom. The molecule has 0 amide bonds. The summed E-state index contributed by atoms with van der Waals surface area (Å²) in [6.45, 7) is 15.9. The summed E-state index contributed by atoms with van der Waals surface area (Å²) in [4.78, 5) is 5.25. The van der Waals surface area contributed by atoms with Crippen LogP contribution in [0, 0.1) is 0 Å². The number of hydrogen-bond donors (Lipinski definition) is 0. The Morgan fingerprint density at radius 2 is 1.30 bits per heavy atom. The Bertz CT molecular complexity index is 221. The van der Waals surface area contributed by atoms with Crippen molar-refractivity contribution in [3.05, 3.63) is 0 Å². The van der Waals surface area contributed by atoms with Crippen LogP contribution in [0.1, 0.15) is 27.7 Å². The largest absolute Gasteiger partial charge is 0.398 e. The van der Waals surface area contributed by atoms with E-state index in [0.717, 1.165) is 32.2 Å². The van der Waals surface area contributed by atoms with Crippen LogP contribution >= 0.6 is 0 Å². The first kappa shape index (κ1) is 20.3. The molecule has 6 heteroatoms. The van der Waals surface area contributed by atoms with E-state index in [1.165, 1.54) is 6.04 Å². The van der Waals surface area contributed by atoms with E-state index in [9.17, 15) is 0 Å². The zero-order valence-electron chi connectivity index (χ0n) is 14.7. The molecule has 0 N–H and O–H groups in total. The smallest absolute Gasteiger partial charge is 0.334 e. The Balaban J connectivity index is 4.57. The van der Waals surface area contributed by atoms with Gasteiger partial charge < -0.3 is 8.85 Å². The van der Waals surface area contributed by atoms with Gasteiger partial charge in [-0.05, 0) is 38.8 Å². The van der Waals surface area contributed by atoms with Gasteiger partial charge in [-0.1, -0.05) is 33.7 Å². The van der Waals surface area contributed by atoms with Gasteiger partial charge in [0.15, 0.2) is 0 Å². The lowest BCUT2D eigenvalue weighted by atomic mass is 10.5. The second-order valence-electron chi connectivity index (χ2n) is 5.36. The zero-order chi connectivity index (χ0) is 15.6. The molecule has 20 heavy (non-hydrogen) atoms. The molecular weight excluding hydrogens is 284 g/mol. The van der Waals surface area contributed by atoms with Gasteiger partial charge in [0.05, 0.1) is 9.52 Å². The molecule has 122 valence electrons. The molecule has 0 saturated carbocycles. The molecule has 0 rings (SSSR count). The molecule has 0 bridgehead atoms. The van der Waals surface area contributed by atoms with E-state index in [0.29, 0.717) is 5.79 Å². The van der Waals surface area contributed by atoms with Gasteiger partial charge in [0, 0.05) is 20.0 Å². The molecule has 0 fully saturated rings. The van der Waals surface area contributed by atoms with E-state index in [2.05, 4.69) is 44.0 Å². The molecule has 0 saturated heterocycles. The summed E-state index contributed by atoms with van der Waals surface area (Å²) in [5.74, 6) is 0.687. The van der Waals surface area contributed by atoms with Crippen LogP contribution in [0.2, 0.25) is 18.6 Å². The van der Waals surface area contributed by atoms with E-state index in [1.807, 2.05) is 0 Å². The van der Waals surface area contributed by atoms with Crippen molar-refractivity contribution < 1.29 is 8.85 Å². The molecule has 0 unspecified atom stereocenters. The maximum atomic E-state index is 5.61. The normalized spacial score (nSPS) is 13.5. The first-order valence-electron chi connectivity index (χ1n) is 8.10. The van der Waals surface area contributed by atoms with Crippen LogP contribution < -0.4 is 0 Å². The van der Waals surface area contributed by atoms with Crippen molar-refractivity contribution in [2.45, 2.75) is 52.1 Å². The summed E-state index contributed by atoms with van der Waals surface area (Å²) >= 11 is 0. The molecule has 0 aliphatic carbocycles. The molecule has 4 nitrogen and oxygen atoms in total. The molecular formula is C14H36N2O2Si2. The van der Waals surface area contributed by atoms with Gasteiger partial charge in [0.1, 0.15) is 0 Å². The van der Waals surface area contributed by atoms with Gasteiger partial charge in [0.25, 0.3) is 0 Å². The van der Waals surface area contributed by atoms with Crippen LogP contribution in [0.5, 0.6) is 0 Å². The van der Waals surface area contributed by atoms with Gasteiger partial charge in [-0.3, -0.25) is 9.80 Å². The minimum absolute atomic E-state index is 0.185. The van der Waals surface area contributed by atoms with E-state index >= 15 is 0 Å². The predicted octanol–water partition coefficient (Wildman–Crippen LogP) is 1.91. The third-order valence-electron chi connectivity index (χ3n) is 4.42. The van der Waals surface area contributed by atoms with Crippen molar-refractivity contribution in [1.29, 1.82) is 0 Å². The molecule has 0 atom stereocenters. The summed E-state index contributed by atoms with van der Waals surface area (Å²) in [5.41, 5.74) is 0. The van der Waals surface area contributed by atoms with Gasteiger partial charge in [0.2, 0.25) is 0 Å². The molecule has 0 aliphatic heterocycles. The molecule has 0 aromatic rings.